The van der Waals surface area contributed by atoms with Crippen LogP contribution in [0.15, 0.2) is 35.3 Å². The van der Waals surface area contributed by atoms with Gasteiger partial charge in [0, 0.05) is 26.8 Å². The van der Waals surface area contributed by atoms with E-state index in [4.69, 9.17) is 9.47 Å². The van der Waals surface area contributed by atoms with E-state index in [2.05, 4.69) is 41.6 Å². The van der Waals surface area contributed by atoms with Crippen LogP contribution in [-0.2, 0) is 9.47 Å². The van der Waals surface area contributed by atoms with E-state index in [1.807, 2.05) is 32.0 Å². The van der Waals surface area contributed by atoms with Crippen molar-refractivity contribution in [1.29, 1.82) is 0 Å². The van der Waals surface area contributed by atoms with E-state index in [0.29, 0.717) is 13.2 Å². The molecule has 1 unspecified atom stereocenters. The zero-order valence-electron chi connectivity index (χ0n) is 15.8. The number of nitrogens with one attached hydrogen (secondary N) is 2. The molecule has 1 atom stereocenters. The number of rotatable bonds is 10. The normalized spacial score (nSPS) is 13.6. The molecule has 0 aromatic heterocycles. The van der Waals surface area contributed by atoms with Crippen molar-refractivity contribution in [1.82, 2.24) is 10.6 Å². The molecule has 0 saturated heterocycles. The molecule has 1 rings (SSSR count). The van der Waals surface area contributed by atoms with Crippen LogP contribution in [0.3, 0.4) is 0 Å². The van der Waals surface area contributed by atoms with Crippen LogP contribution in [0.4, 0.5) is 0 Å². The second kappa shape index (κ2) is 11.0. The Kier molecular flexibility index (Phi) is 9.42. The molecule has 136 valence electrons. The lowest BCUT2D eigenvalue weighted by atomic mass is 10.1. The van der Waals surface area contributed by atoms with Crippen molar-refractivity contribution in [2.75, 3.05) is 33.4 Å². The second-order valence-corrected chi connectivity index (χ2v) is 6.36. The zero-order chi connectivity index (χ0) is 17.8. The lowest BCUT2D eigenvalue weighted by molar-refractivity contribution is 0.0310. The molecule has 2 N–H and O–H groups in total. The van der Waals surface area contributed by atoms with E-state index in [1.165, 1.54) is 5.56 Å². The number of ether oxygens (including phenoxy) is 2. The first-order valence-electron chi connectivity index (χ1n) is 8.72. The summed E-state index contributed by atoms with van der Waals surface area (Å²) in [4.78, 5) is 4.56. The van der Waals surface area contributed by atoms with Crippen molar-refractivity contribution in [2.24, 2.45) is 4.99 Å². The van der Waals surface area contributed by atoms with Crippen LogP contribution in [0.5, 0.6) is 0 Å². The van der Waals surface area contributed by atoms with Gasteiger partial charge in [0.25, 0.3) is 0 Å². The maximum Gasteiger partial charge on any atom is 0.191 e. The second-order valence-electron chi connectivity index (χ2n) is 6.36. The van der Waals surface area contributed by atoms with Gasteiger partial charge in [0.15, 0.2) is 5.96 Å². The molecule has 0 aliphatic carbocycles. The fraction of sp³-hybridized carbons (Fsp3) is 0.632. The van der Waals surface area contributed by atoms with Crippen LogP contribution in [0.25, 0.3) is 0 Å². The van der Waals surface area contributed by atoms with Gasteiger partial charge in [0.05, 0.1) is 18.2 Å². The van der Waals surface area contributed by atoms with Gasteiger partial charge in [-0.1, -0.05) is 30.3 Å². The van der Waals surface area contributed by atoms with Gasteiger partial charge in [0.2, 0.25) is 0 Å². The topological polar surface area (TPSA) is 54.9 Å². The van der Waals surface area contributed by atoms with Gasteiger partial charge >= 0.3 is 0 Å². The average Bonchev–Trinajstić information content (AvgIpc) is 2.60. The van der Waals surface area contributed by atoms with Gasteiger partial charge in [-0.3, -0.25) is 4.99 Å². The number of guanidine groups is 1. The quantitative estimate of drug-likeness (QED) is 0.392. The first kappa shape index (κ1) is 20.5. The minimum absolute atomic E-state index is 0.121. The van der Waals surface area contributed by atoms with E-state index in [-0.39, 0.29) is 11.7 Å². The smallest absolute Gasteiger partial charge is 0.191 e. The van der Waals surface area contributed by atoms with Gasteiger partial charge < -0.3 is 20.1 Å². The molecule has 1 aromatic rings. The zero-order valence-corrected chi connectivity index (χ0v) is 15.8. The largest absolute Gasteiger partial charge is 0.377 e. The van der Waals surface area contributed by atoms with Gasteiger partial charge in [0.1, 0.15) is 0 Å². The van der Waals surface area contributed by atoms with Crippen LogP contribution in [0, 0.1) is 0 Å². The molecular formula is C19H33N3O2. The third-order valence-corrected chi connectivity index (χ3v) is 3.77. The molecule has 5 heteroatoms. The summed E-state index contributed by atoms with van der Waals surface area (Å²) in [5, 5.41) is 6.58. The Balaban J connectivity index is 2.29. The Morgan fingerprint density at radius 1 is 1.21 bits per heavy atom. The monoisotopic (exact) mass is 335 g/mol. The molecule has 0 spiro atoms. The standard InChI is InChI=1S/C19H33N3O2/c1-6-20-18(22-15-19(3,4)23-5)21-13-10-14-24-16(2)17-11-8-7-9-12-17/h7-9,11-12,16H,6,10,13-15H2,1-5H3,(H2,20,21,22). The number of aliphatic imine (C=N–C) groups is 1. The van der Waals surface area contributed by atoms with Crippen LogP contribution in [-0.4, -0.2) is 44.9 Å². The molecule has 0 aliphatic rings. The highest BCUT2D eigenvalue weighted by atomic mass is 16.5. The number of methoxy groups -OCH3 is 1. The summed E-state index contributed by atoms with van der Waals surface area (Å²) in [6.45, 7) is 11.2. The van der Waals surface area contributed by atoms with E-state index in [9.17, 15) is 0 Å². The van der Waals surface area contributed by atoms with Crippen molar-refractivity contribution < 1.29 is 9.47 Å². The van der Waals surface area contributed by atoms with Gasteiger partial charge in [-0.15, -0.1) is 0 Å². The van der Waals surface area contributed by atoms with Gasteiger partial charge in [-0.2, -0.15) is 0 Å². The predicted molar refractivity (Wildman–Crippen MR) is 100 cm³/mol. The fourth-order valence-electron chi connectivity index (χ4n) is 2.04. The number of benzene rings is 1. The molecule has 0 fully saturated rings. The molecule has 0 heterocycles. The summed E-state index contributed by atoms with van der Waals surface area (Å²) in [6, 6.07) is 10.3. The molecule has 0 radical (unpaired) electrons. The molecule has 24 heavy (non-hydrogen) atoms. The van der Waals surface area contributed by atoms with Crippen molar-refractivity contribution >= 4 is 5.96 Å². The molecule has 1 aromatic carbocycles. The van der Waals surface area contributed by atoms with Crippen molar-refractivity contribution in [2.45, 2.75) is 45.8 Å². The number of hydrogen-bond donors (Lipinski definition) is 2. The minimum Gasteiger partial charge on any atom is -0.377 e. The summed E-state index contributed by atoms with van der Waals surface area (Å²) >= 11 is 0. The third kappa shape index (κ3) is 8.31. The van der Waals surface area contributed by atoms with E-state index >= 15 is 0 Å². The summed E-state index contributed by atoms with van der Waals surface area (Å²) in [5.41, 5.74) is 0.957. The highest BCUT2D eigenvalue weighted by molar-refractivity contribution is 5.79. The number of nitrogens with zero attached hydrogens (tertiary/aromatic N) is 1. The van der Waals surface area contributed by atoms with Crippen LogP contribution >= 0.6 is 0 Å². The minimum atomic E-state index is -0.253. The summed E-state index contributed by atoms with van der Waals surface area (Å²) in [6.07, 6.45) is 1.05. The number of hydrogen-bond acceptors (Lipinski definition) is 3. The van der Waals surface area contributed by atoms with Crippen LogP contribution < -0.4 is 10.6 Å². The van der Waals surface area contributed by atoms with Crippen molar-refractivity contribution in [3.05, 3.63) is 35.9 Å². The summed E-state index contributed by atoms with van der Waals surface area (Å²) in [7, 11) is 1.71. The lowest BCUT2D eigenvalue weighted by Gasteiger charge is -2.21. The Labute approximate surface area is 146 Å². The van der Waals surface area contributed by atoms with E-state index in [1.54, 1.807) is 7.11 Å². The van der Waals surface area contributed by atoms with Crippen LogP contribution in [0.1, 0.15) is 45.8 Å². The lowest BCUT2D eigenvalue weighted by Crippen LogP contribution is -2.39. The fourth-order valence-corrected chi connectivity index (χ4v) is 2.04. The van der Waals surface area contributed by atoms with E-state index in [0.717, 1.165) is 25.5 Å². The molecule has 0 aliphatic heterocycles. The van der Waals surface area contributed by atoms with Crippen LogP contribution in [0.2, 0.25) is 0 Å². The molecular weight excluding hydrogens is 302 g/mol. The molecule has 0 saturated carbocycles. The first-order chi connectivity index (χ1) is 11.5. The highest BCUT2D eigenvalue weighted by Gasteiger charge is 2.15. The predicted octanol–water partition coefficient (Wildman–Crippen LogP) is 3.13. The van der Waals surface area contributed by atoms with Crippen molar-refractivity contribution in [3.8, 4) is 0 Å². The summed E-state index contributed by atoms with van der Waals surface area (Å²) < 4.78 is 11.3. The maximum atomic E-state index is 5.88. The Bertz CT molecular complexity index is 475. The SMILES string of the molecule is CCNC(=NCC(C)(C)OC)NCCCOC(C)c1ccccc1. The Morgan fingerprint density at radius 2 is 1.92 bits per heavy atom. The molecule has 5 nitrogen and oxygen atoms in total. The van der Waals surface area contributed by atoms with Gasteiger partial charge in [-0.25, -0.2) is 0 Å². The summed E-state index contributed by atoms with van der Waals surface area (Å²) in [5.74, 6) is 0.818. The Hall–Kier alpha value is -1.59. The van der Waals surface area contributed by atoms with E-state index < -0.39 is 0 Å². The van der Waals surface area contributed by atoms with Gasteiger partial charge in [-0.05, 0) is 39.7 Å². The maximum absolute atomic E-state index is 5.88. The van der Waals surface area contributed by atoms with Crippen molar-refractivity contribution in [3.63, 3.8) is 0 Å². The molecule has 0 amide bonds. The average molecular weight is 335 g/mol. The molecule has 0 bridgehead atoms. The highest BCUT2D eigenvalue weighted by Crippen LogP contribution is 2.15. The third-order valence-electron chi connectivity index (χ3n) is 3.77. The Morgan fingerprint density at radius 3 is 2.54 bits per heavy atom. The first-order valence-corrected chi connectivity index (χ1v) is 8.72.